The average Bonchev–Trinajstić information content (AvgIpc) is 2.28. The molecule has 7 heteroatoms. The van der Waals surface area contributed by atoms with E-state index in [9.17, 15) is 13.2 Å². The van der Waals surface area contributed by atoms with Crippen LogP contribution in [0.1, 0.15) is 10.4 Å². The van der Waals surface area contributed by atoms with Crippen molar-refractivity contribution in [2.75, 3.05) is 7.11 Å². The molecule has 0 aliphatic carbocycles. The highest BCUT2D eigenvalue weighted by Crippen LogP contribution is 2.15. The van der Waals surface area contributed by atoms with Gasteiger partial charge in [0.15, 0.2) is 0 Å². The van der Waals surface area contributed by atoms with Crippen LogP contribution in [0.4, 0.5) is 0 Å². The second kappa shape index (κ2) is 4.39. The van der Waals surface area contributed by atoms with Crippen LogP contribution in [-0.2, 0) is 14.8 Å². The number of carbonyl (C=O) groups is 1. The van der Waals surface area contributed by atoms with Gasteiger partial charge < -0.3 is 4.74 Å². The molecule has 15 heavy (non-hydrogen) atoms. The minimum absolute atomic E-state index is 0.0575. The number of hydrazine groups is 1. The van der Waals surface area contributed by atoms with Crippen molar-refractivity contribution < 1.29 is 17.9 Å². The topological polar surface area (TPSA) is 98.5 Å². The molecule has 82 valence electrons. The van der Waals surface area contributed by atoms with Gasteiger partial charge in [-0.3, -0.25) is 5.84 Å². The lowest BCUT2D eigenvalue weighted by atomic mass is 10.2. The van der Waals surface area contributed by atoms with Crippen molar-refractivity contribution >= 4 is 16.0 Å². The molecular weight excluding hydrogens is 220 g/mol. The summed E-state index contributed by atoms with van der Waals surface area (Å²) in [5.74, 6) is 4.13. The average molecular weight is 230 g/mol. The van der Waals surface area contributed by atoms with E-state index in [1.54, 1.807) is 4.83 Å². The van der Waals surface area contributed by atoms with Crippen LogP contribution in [0.2, 0.25) is 0 Å². The van der Waals surface area contributed by atoms with Crippen LogP contribution in [-0.4, -0.2) is 21.5 Å². The van der Waals surface area contributed by atoms with Crippen LogP contribution < -0.4 is 10.7 Å². The summed E-state index contributed by atoms with van der Waals surface area (Å²) in [4.78, 5) is 12.7. The summed E-state index contributed by atoms with van der Waals surface area (Å²) >= 11 is 0. The van der Waals surface area contributed by atoms with E-state index in [1.165, 1.54) is 31.4 Å². The van der Waals surface area contributed by atoms with Gasteiger partial charge >= 0.3 is 5.97 Å². The molecule has 0 heterocycles. The molecule has 0 amide bonds. The summed E-state index contributed by atoms with van der Waals surface area (Å²) < 4.78 is 27.2. The van der Waals surface area contributed by atoms with E-state index >= 15 is 0 Å². The number of esters is 1. The monoisotopic (exact) mass is 230 g/mol. The van der Waals surface area contributed by atoms with E-state index in [0.717, 1.165) is 0 Å². The Morgan fingerprint density at radius 3 is 2.53 bits per heavy atom. The third kappa shape index (κ3) is 2.32. The van der Waals surface area contributed by atoms with E-state index in [0.29, 0.717) is 0 Å². The highest BCUT2D eigenvalue weighted by Gasteiger charge is 2.20. The van der Waals surface area contributed by atoms with Crippen LogP contribution in [0.5, 0.6) is 0 Å². The minimum Gasteiger partial charge on any atom is -0.465 e. The third-order valence-electron chi connectivity index (χ3n) is 1.74. The minimum atomic E-state index is -3.86. The Hall–Kier alpha value is -1.44. The zero-order valence-electron chi connectivity index (χ0n) is 7.93. The Balaban J connectivity index is 3.37. The molecule has 0 aromatic heterocycles. The van der Waals surface area contributed by atoms with Crippen LogP contribution in [0.25, 0.3) is 0 Å². The molecule has 0 saturated carbocycles. The fraction of sp³-hybridized carbons (Fsp3) is 0.125. The number of rotatable bonds is 3. The molecular formula is C8H10N2O4S. The van der Waals surface area contributed by atoms with Crippen LogP contribution in [0.15, 0.2) is 29.2 Å². The van der Waals surface area contributed by atoms with Gasteiger partial charge in [0.05, 0.1) is 17.6 Å². The van der Waals surface area contributed by atoms with E-state index in [1.807, 2.05) is 0 Å². The fourth-order valence-corrected chi connectivity index (χ4v) is 1.87. The van der Waals surface area contributed by atoms with E-state index < -0.39 is 16.0 Å². The van der Waals surface area contributed by atoms with Crippen molar-refractivity contribution in [3.8, 4) is 0 Å². The largest absolute Gasteiger partial charge is 0.465 e. The predicted octanol–water partition coefficient (Wildman–Crippen LogP) is -0.375. The number of nitrogens with one attached hydrogen (secondary N) is 1. The molecule has 1 aromatic carbocycles. The Kier molecular flexibility index (Phi) is 3.40. The maximum absolute atomic E-state index is 11.4. The van der Waals surface area contributed by atoms with Gasteiger partial charge in [0.25, 0.3) is 10.0 Å². The molecule has 0 radical (unpaired) electrons. The first-order valence-corrected chi connectivity index (χ1v) is 5.41. The van der Waals surface area contributed by atoms with E-state index in [4.69, 9.17) is 5.84 Å². The zero-order valence-corrected chi connectivity index (χ0v) is 8.74. The molecule has 1 rings (SSSR count). The lowest BCUT2D eigenvalue weighted by Crippen LogP contribution is -2.31. The second-order valence-corrected chi connectivity index (χ2v) is 4.29. The SMILES string of the molecule is COC(=O)c1ccccc1S(=O)(=O)NN. The molecule has 0 atom stereocenters. The highest BCUT2D eigenvalue weighted by molar-refractivity contribution is 7.89. The summed E-state index contributed by atoms with van der Waals surface area (Å²) in [6, 6.07) is 5.62. The Morgan fingerprint density at radius 2 is 2.00 bits per heavy atom. The number of methoxy groups -OCH3 is 1. The third-order valence-corrected chi connectivity index (χ3v) is 2.98. The molecule has 1 aromatic rings. The summed E-state index contributed by atoms with van der Waals surface area (Å²) in [5, 5.41) is 0. The zero-order chi connectivity index (χ0) is 11.5. The van der Waals surface area contributed by atoms with Gasteiger partial charge in [-0.1, -0.05) is 12.1 Å². The van der Waals surface area contributed by atoms with Gasteiger partial charge in [-0.05, 0) is 12.1 Å². The van der Waals surface area contributed by atoms with Crippen LogP contribution >= 0.6 is 0 Å². The van der Waals surface area contributed by atoms with Crippen LogP contribution in [0.3, 0.4) is 0 Å². The number of carbonyl (C=O) groups excluding carboxylic acids is 1. The van der Waals surface area contributed by atoms with Crippen molar-refractivity contribution in [3.05, 3.63) is 29.8 Å². The second-order valence-electron chi connectivity index (χ2n) is 2.61. The van der Waals surface area contributed by atoms with Gasteiger partial charge in [0.1, 0.15) is 0 Å². The Labute approximate surface area is 87.1 Å². The fourth-order valence-electron chi connectivity index (χ4n) is 1.04. The summed E-state index contributed by atoms with van der Waals surface area (Å²) in [6.07, 6.45) is 0. The summed E-state index contributed by atoms with van der Waals surface area (Å²) in [6.45, 7) is 0. The first-order valence-electron chi connectivity index (χ1n) is 3.92. The first kappa shape index (κ1) is 11.6. The summed E-state index contributed by atoms with van der Waals surface area (Å²) in [7, 11) is -2.69. The molecule has 0 unspecified atom stereocenters. The normalized spacial score (nSPS) is 11.1. The quantitative estimate of drug-likeness (QED) is 0.419. The number of sulfonamides is 1. The maximum Gasteiger partial charge on any atom is 0.339 e. The number of benzene rings is 1. The molecule has 0 aliphatic rings. The summed E-state index contributed by atoms with van der Waals surface area (Å²) in [5.41, 5.74) is -0.0575. The van der Waals surface area contributed by atoms with Gasteiger partial charge in [0.2, 0.25) is 0 Å². The van der Waals surface area contributed by atoms with Gasteiger partial charge in [-0.25, -0.2) is 13.2 Å². The molecule has 3 N–H and O–H groups in total. The van der Waals surface area contributed by atoms with Gasteiger partial charge in [0, 0.05) is 0 Å². The predicted molar refractivity (Wildman–Crippen MR) is 52.3 cm³/mol. The van der Waals surface area contributed by atoms with E-state index in [-0.39, 0.29) is 10.5 Å². The molecule has 0 bridgehead atoms. The Bertz CT molecular complexity index is 469. The number of hydrogen-bond donors (Lipinski definition) is 2. The van der Waals surface area contributed by atoms with Crippen molar-refractivity contribution in [1.29, 1.82) is 0 Å². The first-order chi connectivity index (χ1) is 7.03. The van der Waals surface area contributed by atoms with Crippen molar-refractivity contribution in [1.82, 2.24) is 4.83 Å². The number of hydrogen-bond acceptors (Lipinski definition) is 5. The Morgan fingerprint density at radius 1 is 1.40 bits per heavy atom. The van der Waals surface area contributed by atoms with Crippen LogP contribution in [0, 0.1) is 0 Å². The molecule has 0 saturated heterocycles. The number of ether oxygens (including phenoxy) is 1. The molecule has 6 nitrogen and oxygen atoms in total. The number of nitrogens with two attached hydrogens (primary N) is 1. The smallest absolute Gasteiger partial charge is 0.339 e. The van der Waals surface area contributed by atoms with Crippen molar-refractivity contribution in [3.63, 3.8) is 0 Å². The van der Waals surface area contributed by atoms with Crippen molar-refractivity contribution in [2.45, 2.75) is 4.90 Å². The van der Waals surface area contributed by atoms with Gasteiger partial charge in [-0.2, -0.15) is 4.83 Å². The maximum atomic E-state index is 11.4. The standard InChI is InChI=1S/C8H10N2O4S/c1-14-8(11)6-4-2-3-5-7(6)15(12,13)10-9/h2-5,10H,9H2,1H3. The lowest BCUT2D eigenvalue weighted by Gasteiger charge is -2.06. The molecule has 0 fully saturated rings. The molecule has 0 spiro atoms. The van der Waals surface area contributed by atoms with E-state index in [2.05, 4.69) is 4.74 Å². The van der Waals surface area contributed by atoms with Crippen molar-refractivity contribution in [2.24, 2.45) is 5.84 Å². The van der Waals surface area contributed by atoms with Gasteiger partial charge in [-0.15, -0.1) is 0 Å². The molecule has 0 aliphatic heterocycles. The lowest BCUT2D eigenvalue weighted by molar-refractivity contribution is 0.0596. The highest BCUT2D eigenvalue weighted by atomic mass is 32.2.